The Morgan fingerprint density at radius 3 is 2.50 bits per heavy atom. The van der Waals surface area contributed by atoms with Crippen molar-refractivity contribution in [3.8, 4) is 5.69 Å². The molecular weight excluding hydrogens is 420 g/mol. The summed E-state index contributed by atoms with van der Waals surface area (Å²) in [6.45, 7) is 0. The monoisotopic (exact) mass is 446 g/mol. The van der Waals surface area contributed by atoms with Gasteiger partial charge in [-0.25, -0.2) is 4.79 Å². The molecule has 2 unspecified atom stereocenters. The Balaban J connectivity index is 1.58. The topological polar surface area (TPSA) is 70.4 Å². The number of benzene rings is 1. The number of thiocarbonyl (C=S) groups is 1. The standard InChI is InChI=1S/C25H26N4O2S/c30-24(31)17-11-13-18(14-12-17)28-16-6-10-21(28)23-22(20-9-4-5-15-26-20)27-25(32)29(23)19-7-2-1-3-8-19/h4-6,9-16,19,22-23H,1-3,7-8H2,(H,27,32)(H,30,31). The minimum Gasteiger partial charge on any atom is -0.478 e. The molecule has 1 saturated heterocycles. The third kappa shape index (κ3) is 3.77. The number of nitrogens with zero attached hydrogens (tertiary/aromatic N) is 3. The molecule has 6 nitrogen and oxygen atoms in total. The van der Waals surface area contributed by atoms with Gasteiger partial charge in [-0.1, -0.05) is 25.3 Å². The molecule has 3 heterocycles. The minimum absolute atomic E-state index is 0.00495. The van der Waals surface area contributed by atoms with Crippen molar-refractivity contribution in [3.05, 3.63) is 83.9 Å². The Morgan fingerprint density at radius 2 is 1.81 bits per heavy atom. The maximum atomic E-state index is 11.3. The van der Waals surface area contributed by atoms with E-state index in [-0.39, 0.29) is 17.6 Å². The van der Waals surface area contributed by atoms with E-state index in [9.17, 15) is 9.90 Å². The van der Waals surface area contributed by atoms with Gasteiger partial charge in [-0.3, -0.25) is 4.98 Å². The first kappa shape index (κ1) is 20.7. The number of carbonyl (C=O) groups is 1. The van der Waals surface area contributed by atoms with Gasteiger partial charge >= 0.3 is 5.97 Å². The van der Waals surface area contributed by atoms with Gasteiger partial charge in [0, 0.05) is 29.8 Å². The van der Waals surface area contributed by atoms with Crippen LogP contribution in [0.15, 0.2) is 67.0 Å². The summed E-state index contributed by atoms with van der Waals surface area (Å²) in [5, 5.41) is 13.6. The zero-order valence-corrected chi connectivity index (χ0v) is 18.5. The van der Waals surface area contributed by atoms with Gasteiger partial charge in [0.1, 0.15) is 0 Å². The van der Waals surface area contributed by atoms with E-state index in [1.54, 1.807) is 12.1 Å². The fourth-order valence-electron chi connectivity index (χ4n) is 5.07. The van der Waals surface area contributed by atoms with E-state index < -0.39 is 5.97 Å². The molecule has 0 spiro atoms. The molecule has 0 radical (unpaired) electrons. The fraction of sp³-hybridized carbons (Fsp3) is 0.320. The van der Waals surface area contributed by atoms with Crippen molar-refractivity contribution < 1.29 is 9.90 Å². The van der Waals surface area contributed by atoms with Gasteiger partial charge in [0.2, 0.25) is 0 Å². The molecule has 1 saturated carbocycles. The summed E-state index contributed by atoms with van der Waals surface area (Å²) in [4.78, 5) is 18.3. The van der Waals surface area contributed by atoms with Gasteiger partial charge in [-0.15, -0.1) is 0 Å². The zero-order valence-electron chi connectivity index (χ0n) is 17.7. The first-order valence-corrected chi connectivity index (χ1v) is 11.5. The first-order chi connectivity index (χ1) is 15.6. The molecule has 2 aromatic heterocycles. The quantitative estimate of drug-likeness (QED) is 0.545. The Morgan fingerprint density at radius 1 is 1.03 bits per heavy atom. The van der Waals surface area contributed by atoms with Crippen LogP contribution in [0.1, 0.15) is 65.9 Å². The second-order valence-electron chi connectivity index (χ2n) is 8.48. The van der Waals surface area contributed by atoms with Crippen LogP contribution in [0.5, 0.6) is 0 Å². The summed E-state index contributed by atoms with van der Waals surface area (Å²) in [6, 6.07) is 17.5. The predicted molar refractivity (Wildman–Crippen MR) is 127 cm³/mol. The van der Waals surface area contributed by atoms with Crippen LogP contribution in [-0.2, 0) is 0 Å². The number of carboxylic acid groups (broad SMARTS) is 1. The lowest BCUT2D eigenvalue weighted by molar-refractivity contribution is 0.0697. The van der Waals surface area contributed by atoms with E-state index in [1.807, 2.05) is 48.8 Å². The molecule has 32 heavy (non-hydrogen) atoms. The van der Waals surface area contributed by atoms with Crippen LogP contribution < -0.4 is 5.32 Å². The normalized spacial score (nSPS) is 21.5. The lowest BCUT2D eigenvalue weighted by atomic mass is 9.92. The number of carboxylic acids is 1. The van der Waals surface area contributed by atoms with Crippen LogP contribution in [-0.4, -0.2) is 36.7 Å². The van der Waals surface area contributed by atoms with Crippen LogP contribution in [0.3, 0.4) is 0 Å². The second kappa shape index (κ2) is 8.74. The van der Waals surface area contributed by atoms with E-state index >= 15 is 0 Å². The molecule has 1 aromatic carbocycles. The largest absolute Gasteiger partial charge is 0.478 e. The second-order valence-corrected chi connectivity index (χ2v) is 8.87. The van der Waals surface area contributed by atoms with E-state index in [2.05, 4.69) is 25.8 Å². The molecular formula is C25H26N4O2S. The van der Waals surface area contributed by atoms with Gasteiger partial charge in [0.25, 0.3) is 0 Å². The van der Waals surface area contributed by atoms with E-state index in [0.717, 1.165) is 35.0 Å². The molecule has 5 rings (SSSR count). The summed E-state index contributed by atoms with van der Waals surface area (Å²) in [5.41, 5.74) is 3.28. The number of hydrogen-bond donors (Lipinski definition) is 2. The predicted octanol–water partition coefficient (Wildman–Crippen LogP) is 4.88. The minimum atomic E-state index is -0.923. The molecule has 2 aliphatic rings. The van der Waals surface area contributed by atoms with Gasteiger partial charge < -0.3 is 19.9 Å². The Hall–Kier alpha value is -3.19. The highest BCUT2D eigenvalue weighted by atomic mass is 32.1. The van der Waals surface area contributed by atoms with Crippen molar-refractivity contribution in [2.75, 3.05) is 0 Å². The molecule has 0 amide bonds. The molecule has 3 aromatic rings. The number of nitrogens with one attached hydrogen (secondary N) is 1. The number of rotatable bonds is 5. The molecule has 2 fully saturated rings. The van der Waals surface area contributed by atoms with Crippen molar-refractivity contribution in [3.63, 3.8) is 0 Å². The third-order valence-electron chi connectivity index (χ3n) is 6.58. The van der Waals surface area contributed by atoms with Gasteiger partial charge in [0.15, 0.2) is 5.11 Å². The van der Waals surface area contributed by atoms with Gasteiger partial charge in [-0.05, 0) is 73.6 Å². The van der Waals surface area contributed by atoms with Crippen LogP contribution in [0, 0.1) is 0 Å². The fourth-order valence-corrected chi connectivity index (χ4v) is 5.46. The lowest BCUT2D eigenvalue weighted by Gasteiger charge is -2.37. The van der Waals surface area contributed by atoms with Gasteiger partial charge in [-0.2, -0.15) is 0 Å². The molecule has 0 bridgehead atoms. The van der Waals surface area contributed by atoms with Crippen molar-refractivity contribution >= 4 is 23.3 Å². The summed E-state index contributed by atoms with van der Waals surface area (Å²) in [7, 11) is 0. The highest BCUT2D eigenvalue weighted by Gasteiger charge is 2.44. The smallest absolute Gasteiger partial charge is 0.335 e. The van der Waals surface area contributed by atoms with Crippen LogP contribution in [0.4, 0.5) is 0 Å². The average Bonchev–Trinajstić information content (AvgIpc) is 3.44. The Kier molecular flexibility index (Phi) is 5.66. The van der Waals surface area contributed by atoms with E-state index in [0.29, 0.717) is 6.04 Å². The van der Waals surface area contributed by atoms with Crippen molar-refractivity contribution in [1.82, 2.24) is 19.8 Å². The number of aromatic nitrogens is 2. The number of pyridine rings is 1. The van der Waals surface area contributed by atoms with Crippen molar-refractivity contribution in [2.45, 2.75) is 50.2 Å². The Bertz CT molecular complexity index is 1110. The maximum absolute atomic E-state index is 11.3. The van der Waals surface area contributed by atoms with Gasteiger partial charge in [0.05, 0.1) is 23.3 Å². The molecule has 1 aliphatic carbocycles. The summed E-state index contributed by atoms with van der Waals surface area (Å²) >= 11 is 5.87. The highest BCUT2D eigenvalue weighted by Crippen LogP contribution is 2.43. The first-order valence-electron chi connectivity index (χ1n) is 11.1. The molecule has 1 aliphatic heterocycles. The molecule has 2 atom stereocenters. The Labute approximate surface area is 192 Å². The number of aromatic carboxylic acids is 1. The third-order valence-corrected chi connectivity index (χ3v) is 6.91. The van der Waals surface area contributed by atoms with E-state index in [1.165, 1.54) is 19.3 Å². The lowest BCUT2D eigenvalue weighted by Crippen LogP contribution is -2.40. The highest BCUT2D eigenvalue weighted by molar-refractivity contribution is 7.80. The van der Waals surface area contributed by atoms with Crippen LogP contribution in [0.25, 0.3) is 5.69 Å². The zero-order chi connectivity index (χ0) is 22.1. The SMILES string of the molecule is O=C(O)c1ccc(-n2cccc2C2C(c3ccccn3)NC(=S)N2C2CCCCC2)cc1. The summed E-state index contributed by atoms with van der Waals surface area (Å²) < 4.78 is 2.14. The average molecular weight is 447 g/mol. The summed E-state index contributed by atoms with van der Waals surface area (Å²) in [6.07, 6.45) is 9.86. The van der Waals surface area contributed by atoms with Crippen LogP contribution in [0.2, 0.25) is 0 Å². The summed E-state index contributed by atoms with van der Waals surface area (Å²) in [5.74, 6) is -0.923. The van der Waals surface area contributed by atoms with Crippen molar-refractivity contribution in [1.29, 1.82) is 0 Å². The maximum Gasteiger partial charge on any atom is 0.335 e. The van der Waals surface area contributed by atoms with Crippen molar-refractivity contribution in [2.24, 2.45) is 0 Å². The van der Waals surface area contributed by atoms with E-state index in [4.69, 9.17) is 12.2 Å². The molecule has 2 N–H and O–H groups in total. The molecule has 164 valence electrons. The molecule has 7 heteroatoms. The van der Waals surface area contributed by atoms with Crippen LogP contribution >= 0.6 is 12.2 Å². The number of hydrogen-bond acceptors (Lipinski definition) is 3.